The van der Waals surface area contributed by atoms with Crippen LogP contribution in [0.25, 0.3) is 0 Å². The fourth-order valence-corrected chi connectivity index (χ4v) is 3.01. The summed E-state index contributed by atoms with van der Waals surface area (Å²) in [7, 11) is -3.62. The highest BCUT2D eigenvalue weighted by Crippen LogP contribution is 2.27. The van der Waals surface area contributed by atoms with Crippen molar-refractivity contribution in [3.8, 4) is 0 Å². The number of nitrogens with one attached hydrogen (secondary N) is 2. The Morgan fingerprint density at radius 1 is 1.44 bits per heavy atom. The molecule has 1 aliphatic rings. The molecule has 2 N–H and O–H groups in total. The Morgan fingerprint density at radius 2 is 2.17 bits per heavy atom. The lowest BCUT2D eigenvalue weighted by Crippen LogP contribution is -2.36. The van der Waals surface area contributed by atoms with Crippen LogP contribution in [-0.4, -0.2) is 24.9 Å². The molecule has 0 amide bonds. The van der Waals surface area contributed by atoms with E-state index < -0.39 is 10.2 Å². The normalized spacial score (nSPS) is 16.3. The molecule has 0 unspecified atom stereocenters. The van der Waals surface area contributed by atoms with Crippen molar-refractivity contribution in [2.24, 2.45) is 5.92 Å². The SMILES string of the molecule is O=S(=O)(NCC1CCC1)Nc1ncnc(Cl)c1Br. The minimum Gasteiger partial charge on any atom is -0.254 e. The van der Waals surface area contributed by atoms with Gasteiger partial charge in [-0.25, -0.2) is 9.97 Å². The molecule has 0 radical (unpaired) electrons. The largest absolute Gasteiger partial charge is 0.300 e. The Bertz CT molecular complexity index is 535. The zero-order valence-corrected chi connectivity index (χ0v) is 12.5. The second-order valence-corrected chi connectivity index (χ2v) is 6.73. The smallest absolute Gasteiger partial charge is 0.254 e. The summed E-state index contributed by atoms with van der Waals surface area (Å²) in [5.74, 6) is 0.565. The van der Waals surface area contributed by atoms with Gasteiger partial charge in [0.2, 0.25) is 0 Å². The number of anilines is 1. The van der Waals surface area contributed by atoms with Crippen molar-refractivity contribution in [2.75, 3.05) is 11.3 Å². The highest BCUT2D eigenvalue weighted by molar-refractivity contribution is 9.10. The summed E-state index contributed by atoms with van der Waals surface area (Å²) in [4.78, 5) is 7.53. The van der Waals surface area contributed by atoms with E-state index in [4.69, 9.17) is 11.6 Å². The number of nitrogens with zero attached hydrogens (tertiary/aromatic N) is 2. The van der Waals surface area contributed by atoms with Gasteiger partial charge in [0.25, 0.3) is 10.2 Å². The van der Waals surface area contributed by atoms with E-state index in [2.05, 4.69) is 35.3 Å². The maximum atomic E-state index is 11.8. The first-order chi connectivity index (χ1) is 8.48. The van der Waals surface area contributed by atoms with E-state index in [9.17, 15) is 8.42 Å². The van der Waals surface area contributed by atoms with Crippen LogP contribution in [0, 0.1) is 5.92 Å². The monoisotopic (exact) mass is 354 g/mol. The molecule has 1 fully saturated rings. The van der Waals surface area contributed by atoms with Gasteiger partial charge in [0.05, 0.1) is 4.47 Å². The molecule has 0 bridgehead atoms. The molecule has 0 aromatic carbocycles. The van der Waals surface area contributed by atoms with Crippen LogP contribution >= 0.6 is 27.5 Å². The van der Waals surface area contributed by atoms with Gasteiger partial charge in [-0.1, -0.05) is 18.0 Å². The van der Waals surface area contributed by atoms with E-state index >= 15 is 0 Å². The van der Waals surface area contributed by atoms with Crippen LogP contribution in [0.3, 0.4) is 0 Å². The molecule has 1 heterocycles. The minimum absolute atomic E-state index is 0.121. The van der Waals surface area contributed by atoms with Crippen LogP contribution in [0.15, 0.2) is 10.8 Å². The molecule has 1 saturated carbocycles. The highest BCUT2D eigenvalue weighted by atomic mass is 79.9. The molecule has 6 nitrogen and oxygen atoms in total. The van der Waals surface area contributed by atoms with Crippen molar-refractivity contribution >= 4 is 43.6 Å². The average molecular weight is 356 g/mol. The molecule has 9 heteroatoms. The van der Waals surface area contributed by atoms with Crippen LogP contribution in [0.1, 0.15) is 19.3 Å². The number of hydrogen-bond acceptors (Lipinski definition) is 4. The third-order valence-electron chi connectivity index (χ3n) is 2.76. The molecule has 100 valence electrons. The molecule has 2 rings (SSSR count). The van der Waals surface area contributed by atoms with E-state index in [-0.39, 0.29) is 11.0 Å². The molecule has 1 aromatic heterocycles. The summed E-state index contributed by atoms with van der Waals surface area (Å²) in [5, 5.41) is 0.154. The highest BCUT2D eigenvalue weighted by Gasteiger charge is 2.21. The number of hydrogen-bond donors (Lipinski definition) is 2. The summed E-state index contributed by atoms with van der Waals surface area (Å²) in [6.07, 6.45) is 4.51. The van der Waals surface area contributed by atoms with Crippen LogP contribution in [0.4, 0.5) is 5.82 Å². The van der Waals surface area contributed by atoms with Crippen LogP contribution in [0.2, 0.25) is 5.15 Å². The standard InChI is InChI=1S/C9H12BrClN4O2S/c10-7-8(11)12-5-13-9(7)15-18(16,17)14-4-6-2-1-3-6/h5-6,14H,1-4H2,(H,12,13,15). The quantitative estimate of drug-likeness (QED) is 0.791. The van der Waals surface area contributed by atoms with E-state index in [1.54, 1.807) is 0 Å². The average Bonchev–Trinajstić information content (AvgIpc) is 2.22. The topological polar surface area (TPSA) is 84.0 Å². The summed E-state index contributed by atoms with van der Waals surface area (Å²) >= 11 is 8.87. The maximum Gasteiger partial charge on any atom is 0.300 e. The maximum absolute atomic E-state index is 11.8. The Balaban J connectivity index is 2.00. The van der Waals surface area contributed by atoms with Crippen molar-refractivity contribution in [2.45, 2.75) is 19.3 Å². The molecule has 18 heavy (non-hydrogen) atoms. The van der Waals surface area contributed by atoms with Gasteiger partial charge in [-0.3, -0.25) is 4.72 Å². The third-order valence-corrected chi connectivity index (χ3v) is 5.04. The van der Waals surface area contributed by atoms with Gasteiger partial charge in [0.1, 0.15) is 11.5 Å². The van der Waals surface area contributed by atoms with E-state index in [1.807, 2.05) is 0 Å². The minimum atomic E-state index is -3.62. The summed E-state index contributed by atoms with van der Waals surface area (Å²) < 4.78 is 28.6. The predicted octanol–water partition coefficient (Wildman–Crippen LogP) is 1.94. The fraction of sp³-hybridized carbons (Fsp3) is 0.556. The zero-order chi connectivity index (χ0) is 13.2. The zero-order valence-electron chi connectivity index (χ0n) is 9.36. The predicted molar refractivity (Wildman–Crippen MR) is 72.6 cm³/mol. The van der Waals surface area contributed by atoms with Gasteiger partial charge in [-0.15, -0.1) is 0 Å². The van der Waals surface area contributed by atoms with Gasteiger partial charge >= 0.3 is 0 Å². The Hall–Kier alpha value is -0.440. The molecule has 0 spiro atoms. The molecule has 0 aliphatic heterocycles. The first-order valence-electron chi connectivity index (χ1n) is 5.41. The van der Waals surface area contributed by atoms with Crippen LogP contribution in [0.5, 0.6) is 0 Å². The van der Waals surface area contributed by atoms with Crippen LogP contribution in [-0.2, 0) is 10.2 Å². The summed E-state index contributed by atoms with van der Waals surface area (Å²) in [6.45, 7) is 0.450. The second-order valence-electron chi connectivity index (χ2n) is 4.08. The van der Waals surface area contributed by atoms with Gasteiger partial charge in [0, 0.05) is 6.54 Å². The molecule has 1 aliphatic carbocycles. The molecule has 1 aromatic rings. The molecular formula is C9H12BrClN4O2S. The second kappa shape index (κ2) is 5.68. The Kier molecular flexibility index (Phi) is 4.41. The van der Waals surface area contributed by atoms with Crippen molar-refractivity contribution in [3.63, 3.8) is 0 Å². The van der Waals surface area contributed by atoms with E-state index in [1.165, 1.54) is 12.7 Å². The van der Waals surface area contributed by atoms with Gasteiger partial charge in [-0.2, -0.15) is 13.1 Å². The third kappa shape index (κ3) is 3.53. The lowest BCUT2D eigenvalue weighted by molar-refractivity contribution is 0.316. The Labute approximate surface area is 119 Å². The van der Waals surface area contributed by atoms with Gasteiger partial charge < -0.3 is 0 Å². The number of aromatic nitrogens is 2. The van der Waals surface area contributed by atoms with E-state index in [0.717, 1.165) is 12.8 Å². The van der Waals surface area contributed by atoms with Crippen molar-refractivity contribution in [1.29, 1.82) is 0 Å². The molecule has 0 atom stereocenters. The first kappa shape index (κ1) is 14.0. The summed E-state index contributed by atoms with van der Waals surface area (Å²) in [5.41, 5.74) is 0. The number of halogens is 2. The lowest BCUT2D eigenvalue weighted by atomic mass is 9.86. The summed E-state index contributed by atoms with van der Waals surface area (Å²) in [6, 6.07) is 0. The van der Waals surface area contributed by atoms with Crippen molar-refractivity contribution in [3.05, 3.63) is 16.0 Å². The fourth-order valence-electron chi connectivity index (χ4n) is 1.51. The lowest BCUT2D eigenvalue weighted by Gasteiger charge is -2.25. The van der Waals surface area contributed by atoms with Crippen LogP contribution < -0.4 is 9.44 Å². The molecular weight excluding hydrogens is 344 g/mol. The molecule has 0 saturated heterocycles. The van der Waals surface area contributed by atoms with Gasteiger partial charge in [0.15, 0.2) is 5.82 Å². The van der Waals surface area contributed by atoms with Gasteiger partial charge in [-0.05, 0) is 34.7 Å². The van der Waals surface area contributed by atoms with Crippen molar-refractivity contribution in [1.82, 2.24) is 14.7 Å². The number of rotatable bonds is 5. The Morgan fingerprint density at radius 3 is 2.78 bits per heavy atom. The van der Waals surface area contributed by atoms with Crippen molar-refractivity contribution < 1.29 is 8.42 Å². The first-order valence-corrected chi connectivity index (χ1v) is 8.07. The van der Waals surface area contributed by atoms with E-state index in [0.29, 0.717) is 16.9 Å².